The van der Waals surface area contributed by atoms with Crippen molar-refractivity contribution in [3.05, 3.63) is 48.1 Å². The summed E-state index contributed by atoms with van der Waals surface area (Å²) in [5.74, 6) is 0.656. The predicted molar refractivity (Wildman–Crippen MR) is 131 cm³/mol. The van der Waals surface area contributed by atoms with Crippen LogP contribution in [-0.2, 0) is 11.3 Å². The van der Waals surface area contributed by atoms with Crippen LogP contribution < -0.4 is 11.1 Å². The van der Waals surface area contributed by atoms with E-state index < -0.39 is 0 Å². The van der Waals surface area contributed by atoms with Crippen molar-refractivity contribution in [1.82, 2.24) is 20.0 Å². The average Bonchev–Trinajstić information content (AvgIpc) is 3.29. The molecule has 1 saturated carbocycles. The number of primary amides is 1. The third kappa shape index (κ3) is 5.51. The molecule has 1 amide bonds. The number of likely N-dealkylation sites (tertiary alicyclic amines) is 1. The monoisotopic (exact) mass is 478 g/mol. The maximum Gasteiger partial charge on any atom is 0.223 e. The highest BCUT2D eigenvalue weighted by atomic mass is 19.1. The lowest BCUT2D eigenvalue weighted by Gasteiger charge is -2.29. The summed E-state index contributed by atoms with van der Waals surface area (Å²) in [6, 6.07) is 8.46. The van der Waals surface area contributed by atoms with Crippen LogP contribution in [0.15, 0.2) is 41.1 Å². The van der Waals surface area contributed by atoms with Crippen LogP contribution >= 0.6 is 0 Å². The minimum Gasteiger partial charge on any atom is -0.369 e. The van der Waals surface area contributed by atoms with Crippen LogP contribution in [0.5, 0.6) is 0 Å². The standard InChI is InChI=1S/C26H31FN6O2/c27-19-8-6-17(7-9-19)24-23(21-10-13-29-26(31-21)30-20-4-2-1-3-5-20)22(35-32-24)16-33-14-11-18(12-15-33)25(28)34/h6-10,13,18,20H,1-5,11-12,14-16H2,(H2,28,34)(H,29,30,31). The molecule has 0 atom stereocenters. The van der Waals surface area contributed by atoms with E-state index in [4.69, 9.17) is 15.2 Å². The van der Waals surface area contributed by atoms with Gasteiger partial charge < -0.3 is 15.6 Å². The number of aromatic nitrogens is 3. The summed E-state index contributed by atoms with van der Waals surface area (Å²) in [5, 5.41) is 7.86. The van der Waals surface area contributed by atoms with E-state index >= 15 is 0 Å². The number of rotatable bonds is 7. The first-order chi connectivity index (χ1) is 17.1. The summed E-state index contributed by atoms with van der Waals surface area (Å²) in [5.41, 5.74) is 8.36. The smallest absolute Gasteiger partial charge is 0.223 e. The molecule has 5 rings (SSSR count). The third-order valence-electron chi connectivity index (χ3n) is 7.09. The second-order valence-electron chi connectivity index (χ2n) is 9.53. The lowest BCUT2D eigenvalue weighted by atomic mass is 9.95. The second-order valence-corrected chi connectivity index (χ2v) is 9.53. The number of benzene rings is 1. The molecule has 3 N–H and O–H groups in total. The molecule has 35 heavy (non-hydrogen) atoms. The number of piperidine rings is 1. The van der Waals surface area contributed by atoms with Gasteiger partial charge in [0, 0.05) is 23.7 Å². The molecule has 0 unspecified atom stereocenters. The fourth-order valence-corrected chi connectivity index (χ4v) is 5.08. The number of carbonyl (C=O) groups excluding carboxylic acids is 1. The van der Waals surface area contributed by atoms with E-state index in [0.29, 0.717) is 35.7 Å². The van der Waals surface area contributed by atoms with Gasteiger partial charge in [0.1, 0.15) is 11.5 Å². The van der Waals surface area contributed by atoms with Gasteiger partial charge in [-0.15, -0.1) is 0 Å². The average molecular weight is 479 g/mol. The molecule has 2 aromatic heterocycles. The number of hydrogen-bond donors (Lipinski definition) is 2. The van der Waals surface area contributed by atoms with E-state index in [9.17, 15) is 9.18 Å². The molecule has 0 bridgehead atoms. The number of hydrogen-bond acceptors (Lipinski definition) is 7. The van der Waals surface area contributed by atoms with Gasteiger partial charge in [-0.2, -0.15) is 0 Å². The van der Waals surface area contributed by atoms with Gasteiger partial charge >= 0.3 is 0 Å². The van der Waals surface area contributed by atoms with Crippen LogP contribution in [-0.4, -0.2) is 45.1 Å². The molecule has 3 aromatic rings. The van der Waals surface area contributed by atoms with Gasteiger partial charge in [-0.25, -0.2) is 14.4 Å². The van der Waals surface area contributed by atoms with E-state index in [2.05, 4.69) is 20.4 Å². The lowest BCUT2D eigenvalue weighted by Crippen LogP contribution is -2.38. The molecule has 8 nitrogen and oxygen atoms in total. The van der Waals surface area contributed by atoms with E-state index in [-0.39, 0.29) is 17.6 Å². The van der Waals surface area contributed by atoms with E-state index in [1.807, 2.05) is 6.07 Å². The number of nitrogens with two attached hydrogens (primary N) is 1. The zero-order valence-electron chi connectivity index (χ0n) is 19.8. The van der Waals surface area contributed by atoms with E-state index in [1.54, 1.807) is 18.3 Å². The summed E-state index contributed by atoms with van der Waals surface area (Å²) in [7, 11) is 0. The summed E-state index contributed by atoms with van der Waals surface area (Å²) in [6.07, 6.45) is 9.15. The SMILES string of the molecule is NC(=O)C1CCN(Cc2onc(-c3ccc(F)cc3)c2-c2ccnc(NC3CCCCC3)n2)CC1. The van der Waals surface area contributed by atoms with Crippen LogP contribution in [0.3, 0.4) is 0 Å². The highest BCUT2D eigenvalue weighted by Gasteiger charge is 2.27. The van der Waals surface area contributed by atoms with Gasteiger partial charge in [0.25, 0.3) is 0 Å². The first-order valence-corrected chi connectivity index (χ1v) is 12.4. The van der Waals surface area contributed by atoms with E-state index in [0.717, 1.165) is 49.9 Å². The number of anilines is 1. The number of carbonyl (C=O) groups is 1. The van der Waals surface area contributed by atoms with Gasteiger partial charge in [-0.05, 0) is 69.1 Å². The van der Waals surface area contributed by atoms with Crippen molar-refractivity contribution in [3.8, 4) is 22.5 Å². The molecular weight excluding hydrogens is 447 g/mol. The Balaban J connectivity index is 1.44. The summed E-state index contributed by atoms with van der Waals surface area (Å²) in [6.45, 7) is 2.03. The minimum atomic E-state index is -0.308. The Morgan fingerprint density at radius 1 is 1.09 bits per heavy atom. The van der Waals surface area contributed by atoms with Crippen molar-refractivity contribution < 1.29 is 13.7 Å². The van der Waals surface area contributed by atoms with Gasteiger partial charge in [0.15, 0.2) is 5.76 Å². The van der Waals surface area contributed by atoms with Crippen LogP contribution in [0.2, 0.25) is 0 Å². The van der Waals surface area contributed by atoms with Crippen LogP contribution in [0.1, 0.15) is 50.7 Å². The quantitative estimate of drug-likeness (QED) is 0.518. The molecule has 184 valence electrons. The van der Waals surface area contributed by atoms with Gasteiger partial charge in [0.05, 0.1) is 17.8 Å². The number of halogens is 1. The first-order valence-electron chi connectivity index (χ1n) is 12.4. The molecule has 1 aliphatic heterocycles. The second kappa shape index (κ2) is 10.5. The van der Waals surface area contributed by atoms with Gasteiger partial charge in [-0.3, -0.25) is 9.69 Å². The van der Waals surface area contributed by atoms with Crippen LogP contribution in [0, 0.1) is 11.7 Å². The molecular formula is C26H31FN6O2. The third-order valence-corrected chi connectivity index (χ3v) is 7.09. The number of amides is 1. The maximum absolute atomic E-state index is 13.6. The molecule has 2 fully saturated rings. The topological polar surface area (TPSA) is 110 Å². The van der Waals surface area contributed by atoms with Crippen LogP contribution in [0.4, 0.5) is 10.3 Å². The van der Waals surface area contributed by atoms with E-state index in [1.165, 1.54) is 31.4 Å². The largest absolute Gasteiger partial charge is 0.369 e. The van der Waals surface area contributed by atoms with Gasteiger partial charge in [0.2, 0.25) is 11.9 Å². The Morgan fingerprint density at radius 3 is 2.54 bits per heavy atom. The molecule has 1 aromatic carbocycles. The van der Waals surface area contributed by atoms with Crippen molar-refractivity contribution in [1.29, 1.82) is 0 Å². The predicted octanol–water partition coefficient (Wildman–Crippen LogP) is 4.38. The zero-order chi connectivity index (χ0) is 24.2. The number of nitrogens with one attached hydrogen (secondary N) is 1. The minimum absolute atomic E-state index is 0.0782. The Bertz CT molecular complexity index is 1150. The molecule has 1 aliphatic carbocycles. The van der Waals surface area contributed by atoms with Crippen molar-refractivity contribution in [2.24, 2.45) is 11.7 Å². The molecule has 9 heteroatoms. The highest BCUT2D eigenvalue weighted by Crippen LogP contribution is 2.35. The Labute approximate surface area is 204 Å². The fourth-order valence-electron chi connectivity index (χ4n) is 5.08. The lowest BCUT2D eigenvalue weighted by molar-refractivity contribution is -0.123. The van der Waals surface area contributed by atoms with Crippen molar-refractivity contribution in [2.75, 3.05) is 18.4 Å². The Hall–Kier alpha value is -3.33. The number of nitrogens with zero attached hydrogens (tertiary/aromatic N) is 4. The molecule has 3 heterocycles. The zero-order valence-corrected chi connectivity index (χ0v) is 19.8. The molecule has 2 aliphatic rings. The summed E-state index contributed by atoms with van der Waals surface area (Å²) < 4.78 is 19.4. The molecule has 1 saturated heterocycles. The van der Waals surface area contributed by atoms with Crippen molar-refractivity contribution >= 4 is 11.9 Å². The fraction of sp³-hybridized carbons (Fsp3) is 0.462. The summed E-state index contributed by atoms with van der Waals surface area (Å²) >= 11 is 0. The Kier molecular flexibility index (Phi) is 7.03. The summed E-state index contributed by atoms with van der Waals surface area (Å²) in [4.78, 5) is 23.1. The molecule has 0 radical (unpaired) electrons. The first kappa shape index (κ1) is 23.4. The van der Waals surface area contributed by atoms with Crippen molar-refractivity contribution in [3.63, 3.8) is 0 Å². The van der Waals surface area contributed by atoms with Gasteiger partial charge in [-0.1, -0.05) is 24.4 Å². The van der Waals surface area contributed by atoms with Crippen molar-refractivity contribution in [2.45, 2.75) is 57.5 Å². The Morgan fingerprint density at radius 2 is 1.83 bits per heavy atom. The highest BCUT2D eigenvalue weighted by molar-refractivity contribution is 5.80. The normalized spacial score (nSPS) is 18.0. The maximum atomic E-state index is 13.6. The molecule has 0 spiro atoms. The van der Waals surface area contributed by atoms with Crippen LogP contribution in [0.25, 0.3) is 22.5 Å².